The third kappa shape index (κ3) is 2.83. The number of nitrogens with two attached hydrogens (primary N) is 2. The van der Waals surface area contributed by atoms with Gasteiger partial charge in [0.1, 0.15) is 0 Å². The van der Waals surface area contributed by atoms with E-state index in [9.17, 15) is 0 Å². The number of nitrogen functional groups attached to an aromatic ring is 2. The number of nitrogens with one attached hydrogen (secondary N) is 1. The molecule has 0 bridgehead atoms. The van der Waals surface area contributed by atoms with Crippen LogP contribution in [0.2, 0.25) is 0 Å². The maximum atomic E-state index is 5.72. The number of hydrogen-bond acceptors (Lipinski definition) is 4. The van der Waals surface area contributed by atoms with E-state index in [1.165, 1.54) is 0 Å². The maximum absolute atomic E-state index is 5.72. The Labute approximate surface area is 77.9 Å². The van der Waals surface area contributed by atoms with Gasteiger partial charge in [0.2, 0.25) is 0 Å². The number of rotatable bonds is 4. The second-order valence-corrected chi connectivity index (χ2v) is 2.77. The largest absolute Gasteiger partial charge is 0.399 e. The fraction of sp³-hybridized carbons (Fsp3) is 0.333. The molecule has 72 valence electrons. The molecular formula is C9H15N3O. The lowest BCUT2D eigenvalue weighted by Crippen LogP contribution is -2.09. The molecule has 1 aromatic rings. The standard InChI is InChI=1S/C9H15N3O/c1-13-5-4-12-9-3-2-7(10)6-8(9)11/h2-3,6,12H,4-5,10-11H2,1H3. The maximum Gasteiger partial charge on any atom is 0.0635 e. The highest BCUT2D eigenvalue weighted by Crippen LogP contribution is 2.20. The number of ether oxygens (including phenoxy) is 1. The van der Waals surface area contributed by atoms with Gasteiger partial charge in [-0.1, -0.05) is 0 Å². The van der Waals surface area contributed by atoms with Crippen molar-refractivity contribution >= 4 is 17.1 Å². The molecule has 0 amide bonds. The van der Waals surface area contributed by atoms with Crippen molar-refractivity contribution in [1.29, 1.82) is 0 Å². The fourth-order valence-electron chi connectivity index (χ4n) is 1.03. The van der Waals surface area contributed by atoms with Crippen molar-refractivity contribution < 1.29 is 4.74 Å². The van der Waals surface area contributed by atoms with Crippen LogP contribution >= 0.6 is 0 Å². The number of anilines is 3. The van der Waals surface area contributed by atoms with E-state index >= 15 is 0 Å². The lowest BCUT2D eigenvalue weighted by Gasteiger charge is -2.08. The van der Waals surface area contributed by atoms with Crippen molar-refractivity contribution in [1.82, 2.24) is 0 Å². The summed E-state index contributed by atoms with van der Waals surface area (Å²) in [7, 11) is 1.66. The summed E-state index contributed by atoms with van der Waals surface area (Å²) >= 11 is 0. The first-order valence-electron chi connectivity index (χ1n) is 4.12. The van der Waals surface area contributed by atoms with Crippen molar-refractivity contribution in [2.75, 3.05) is 37.0 Å². The molecule has 1 rings (SSSR count). The molecule has 5 N–H and O–H groups in total. The minimum absolute atomic E-state index is 0.657. The van der Waals surface area contributed by atoms with Gasteiger partial charge >= 0.3 is 0 Å². The van der Waals surface area contributed by atoms with E-state index in [4.69, 9.17) is 16.2 Å². The molecule has 0 aliphatic rings. The van der Waals surface area contributed by atoms with Crippen molar-refractivity contribution in [2.24, 2.45) is 0 Å². The molecule has 0 saturated carbocycles. The summed E-state index contributed by atoms with van der Waals surface area (Å²) in [4.78, 5) is 0. The van der Waals surface area contributed by atoms with Crippen LogP contribution in [0.1, 0.15) is 0 Å². The van der Waals surface area contributed by atoms with Gasteiger partial charge in [-0.05, 0) is 18.2 Å². The van der Waals surface area contributed by atoms with Crippen LogP contribution in [-0.4, -0.2) is 20.3 Å². The second-order valence-electron chi connectivity index (χ2n) is 2.77. The monoisotopic (exact) mass is 181 g/mol. The molecule has 0 aliphatic carbocycles. The van der Waals surface area contributed by atoms with Gasteiger partial charge in [-0.15, -0.1) is 0 Å². The zero-order valence-electron chi connectivity index (χ0n) is 7.71. The fourth-order valence-corrected chi connectivity index (χ4v) is 1.03. The zero-order chi connectivity index (χ0) is 9.68. The molecule has 0 heterocycles. The van der Waals surface area contributed by atoms with Gasteiger partial charge in [0.15, 0.2) is 0 Å². The Morgan fingerprint density at radius 1 is 1.38 bits per heavy atom. The SMILES string of the molecule is COCCNc1ccc(N)cc1N. The van der Waals surface area contributed by atoms with Crippen LogP contribution in [-0.2, 0) is 4.74 Å². The van der Waals surface area contributed by atoms with E-state index in [0.29, 0.717) is 18.0 Å². The summed E-state index contributed by atoms with van der Waals surface area (Å²) in [6.07, 6.45) is 0. The molecule has 0 fully saturated rings. The normalized spacial score (nSPS) is 9.92. The molecule has 0 unspecified atom stereocenters. The Bertz CT molecular complexity index is 276. The van der Waals surface area contributed by atoms with E-state index in [2.05, 4.69) is 5.32 Å². The van der Waals surface area contributed by atoms with Crippen LogP contribution < -0.4 is 16.8 Å². The second kappa shape index (κ2) is 4.57. The van der Waals surface area contributed by atoms with Gasteiger partial charge in [0.05, 0.1) is 18.0 Å². The van der Waals surface area contributed by atoms with Crippen LogP contribution in [0.25, 0.3) is 0 Å². The predicted molar refractivity (Wildman–Crippen MR) is 55.6 cm³/mol. The van der Waals surface area contributed by atoms with E-state index < -0.39 is 0 Å². The molecule has 0 aromatic heterocycles. The predicted octanol–water partition coefficient (Wildman–Crippen LogP) is 0.909. The quantitative estimate of drug-likeness (QED) is 0.477. The summed E-state index contributed by atoms with van der Waals surface area (Å²) in [5.41, 5.74) is 13.5. The number of hydrogen-bond donors (Lipinski definition) is 3. The Hall–Kier alpha value is -1.42. The summed E-state index contributed by atoms with van der Waals surface area (Å²) < 4.78 is 4.90. The van der Waals surface area contributed by atoms with Crippen LogP contribution in [0.4, 0.5) is 17.1 Å². The van der Waals surface area contributed by atoms with Crippen molar-refractivity contribution in [3.63, 3.8) is 0 Å². The third-order valence-corrected chi connectivity index (χ3v) is 1.70. The van der Waals surface area contributed by atoms with Crippen LogP contribution in [0.15, 0.2) is 18.2 Å². The van der Waals surface area contributed by atoms with Crippen molar-refractivity contribution in [2.45, 2.75) is 0 Å². The smallest absolute Gasteiger partial charge is 0.0635 e. The summed E-state index contributed by atoms with van der Waals surface area (Å²) in [6, 6.07) is 5.40. The highest BCUT2D eigenvalue weighted by atomic mass is 16.5. The summed E-state index contributed by atoms with van der Waals surface area (Å²) in [6.45, 7) is 1.40. The number of benzene rings is 1. The minimum atomic E-state index is 0.657. The van der Waals surface area contributed by atoms with E-state index in [-0.39, 0.29) is 0 Å². The van der Waals surface area contributed by atoms with E-state index in [0.717, 1.165) is 12.2 Å². The molecule has 13 heavy (non-hydrogen) atoms. The molecule has 1 aromatic carbocycles. The van der Waals surface area contributed by atoms with Gasteiger partial charge in [0, 0.05) is 19.3 Å². The van der Waals surface area contributed by atoms with Gasteiger partial charge in [0.25, 0.3) is 0 Å². The molecule has 0 atom stereocenters. The lowest BCUT2D eigenvalue weighted by molar-refractivity contribution is 0.211. The van der Waals surface area contributed by atoms with Gasteiger partial charge in [-0.2, -0.15) is 0 Å². The topological polar surface area (TPSA) is 73.3 Å². The highest BCUT2D eigenvalue weighted by Gasteiger charge is 1.97. The highest BCUT2D eigenvalue weighted by molar-refractivity contribution is 5.70. The first-order valence-corrected chi connectivity index (χ1v) is 4.12. The average molecular weight is 181 g/mol. The summed E-state index contributed by atoms with van der Waals surface area (Å²) in [5, 5.41) is 3.14. The Balaban J connectivity index is 2.56. The van der Waals surface area contributed by atoms with Crippen LogP contribution in [0, 0.1) is 0 Å². The molecular weight excluding hydrogens is 166 g/mol. The third-order valence-electron chi connectivity index (χ3n) is 1.70. The molecule has 0 saturated heterocycles. The van der Waals surface area contributed by atoms with Gasteiger partial charge in [-0.3, -0.25) is 0 Å². The Kier molecular flexibility index (Phi) is 3.40. The van der Waals surface area contributed by atoms with Crippen LogP contribution in [0.5, 0.6) is 0 Å². The zero-order valence-corrected chi connectivity index (χ0v) is 7.71. The van der Waals surface area contributed by atoms with E-state index in [1.54, 1.807) is 13.2 Å². The van der Waals surface area contributed by atoms with Crippen molar-refractivity contribution in [3.8, 4) is 0 Å². The molecule has 4 nitrogen and oxygen atoms in total. The average Bonchev–Trinajstić information content (AvgIpc) is 2.09. The first kappa shape index (κ1) is 9.67. The van der Waals surface area contributed by atoms with Crippen molar-refractivity contribution in [3.05, 3.63) is 18.2 Å². The van der Waals surface area contributed by atoms with Crippen LogP contribution in [0.3, 0.4) is 0 Å². The first-order chi connectivity index (χ1) is 6.24. The van der Waals surface area contributed by atoms with Gasteiger partial charge in [-0.25, -0.2) is 0 Å². The molecule has 0 spiro atoms. The lowest BCUT2D eigenvalue weighted by atomic mass is 10.2. The van der Waals surface area contributed by atoms with E-state index in [1.807, 2.05) is 12.1 Å². The summed E-state index contributed by atoms with van der Waals surface area (Å²) in [5.74, 6) is 0. The molecule has 4 heteroatoms. The molecule has 0 aliphatic heterocycles. The Morgan fingerprint density at radius 2 is 2.15 bits per heavy atom. The number of methoxy groups -OCH3 is 1. The molecule has 0 radical (unpaired) electrons. The Morgan fingerprint density at radius 3 is 2.77 bits per heavy atom. The minimum Gasteiger partial charge on any atom is -0.399 e. The van der Waals surface area contributed by atoms with Gasteiger partial charge < -0.3 is 21.5 Å².